The molecule has 0 atom stereocenters. The van der Waals surface area contributed by atoms with E-state index in [-0.39, 0.29) is 11.7 Å². The van der Waals surface area contributed by atoms with Crippen LogP contribution in [0, 0.1) is 13.8 Å². The standard InChI is InChI=1S/C16H17N5OS2/c1-11-5-3-7-14(12(11)2)17-15(22)10-24-16-18-19-20-21(16)9-13-6-4-8-23-13/h3-8H,9-10H2,1-2H3,(H,17,22). The molecule has 124 valence electrons. The number of tetrazole rings is 1. The molecular formula is C16H17N5OS2. The van der Waals surface area contributed by atoms with E-state index in [1.165, 1.54) is 16.6 Å². The van der Waals surface area contributed by atoms with Gasteiger partial charge in [-0.25, -0.2) is 4.68 Å². The Morgan fingerprint density at radius 3 is 2.96 bits per heavy atom. The van der Waals surface area contributed by atoms with Crippen molar-refractivity contribution in [3.8, 4) is 0 Å². The highest BCUT2D eigenvalue weighted by molar-refractivity contribution is 7.99. The average Bonchev–Trinajstić information content (AvgIpc) is 3.22. The lowest BCUT2D eigenvalue weighted by Crippen LogP contribution is -2.15. The predicted molar refractivity (Wildman–Crippen MR) is 96.5 cm³/mol. The second kappa shape index (κ2) is 7.59. The molecule has 3 aromatic rings. The number of anilines is 1. The van der Waals surface area contributed by atoms with E-state index < -0.39 is 0 Å². The first kappa shape index (κ1) is 16.7. The van der Waals surface area contributed by atoms with E-state index in [4.69, 9.17) is 0 Å². The molecule has 1 aromatic carbocycles. The van der Waals surface area contributed by atoms with Crippen molar-refractivity contribution in [3.05, 3.63) is 51.7 Å². The van der Waals surface area contributed by atoms with Crippen molar-refractivity contribution >= 4 is 34.7 Å². The zero-order chi connectivity index (χ0) is 16.9. The zero-order valence-corrected chi connectivity index (χ0v) is 15.0. The maximum Gasteiger partial charge on any atom is 0.234 e. The van der Waals surface area contributed by atoms with Crippen molar-refractivity contribution in [3.63, 3.8) is 0 Å². The average molecular weight is 359 g/mol. The molecule has 0 aliphatic rings. The highest BCUT2D eigenvalue weighted by Gasteiger charge is 2.12. The molecular weight excluding hydrogens is 342 g/mol. The highest BCUT2D eigenvalue weighted by Crippen LogP contribution is 2.20. The summed E-state index contributed by atoms with van der Waals surface area (Å²) >= 11 is 2.99. The van der Waals surface area contributed by atoms with Crippen LogP contribution in [0.15, 0.2) is 40.9 Å². The molecule has 2 heterocycles. The summed E-state index contributed by atoms with van der Waals surface area (Å²) in [5, 5.41) is 17.3. The van der Waals surface area contributed by atoms with Gasteiger partial charge < -0.3 is 5.32 Å². The van der Waals surface area contributed by atoms with E-state index in [0.717, 1.165) is 16.8 Å². The number of nitrogens with one attached hydrogen (secondary N) is 1. The van der Waals surface area contributed by atoms with Crippen LogP contribution < -0.4 is 5.32 Å². The van der Waals surface area contributed by atoms with Crippen molar-refractivity contribution in [1.82, 2.24) is 20.2 Å². The Hall–Kier alpha value is -2.19. The molecule has 0 saturated heterocycles. The quantitative estimate of drug-likeness (QED) is 0.685. The fourth-order valence-corrected chi connectivity index (χ4v) is 3.51. The summed E-state index contributed by atoms with van der Waals surface area (Å²) in [5.74, 6) is 0.192. The summed E-state index contributed by atoms with van der Waals surface area (Å²) in [4.78, 5) is 13.4. The number of hydrogen-bond donors (Lipinski definition) is 1. The lowest BCUT2D eigenvalue weighted by Gasteiger charge is -2.10. The Morgan fingerprint density at radius 1 is 1.29 bits per heavy atom. The van der Waals surface area contributed by atoms with Crippen molar-refractivity contribution in [2.75, 3.05) is 11.1 Å². The van der Waals surface area contributed by atoms with E-state index in [1.807, 2.05) is 49.6 Å². The van der Waals surface area contributed by atoms with Gasteiger partial charge in [0, 0.05) is 10.6 Å². The van der Waals surface area contributed by atoms with Crippen molar-refractivity contribution in [2.45, 2.75) is 25.5 Å². The smallest absolute Gasteiger partial charge is 0.234 e. The van der Waals surface area contributed by atoms with E-state index in [9.17, 15) is 4.79 Å². The molecule has 24 heavy (non-hydrogen) atoms. The number of aryl methyl sites for hydroxylation is 1. The second-order valence-corrected chi connectivity index (χ2v) is 7.26. The molecule has 8 heteroatoms. The number of hydrogen-bond acceptors (Lipinski definition) is 6. The number of benzene rings is 1. The van der Waals surface area contributed by atoms with E-state index in [0.29, 0.717) is 11.7 Å². The summed E-state index contributed by atoms with van der Waals surface area (Å²) in [5.41, 5.74) is 3.08. The number of rotatable bonds is 6. The summed E-state index contributed by atoms with van der Waals surface area (Å²) in [6.07, 6.45) is 0. The number of amides is 1. The minimum atomic E-state index is -0.0700. The lowest BCUT2D eigenvalue weighted by molar-refractivity contribution is -0.113. The molecule has 0 aliphatic carbocycles. The van der Waals surface area contributed by atoms with Crippen LogP contribution in [0.3, 0.4) is 0 Å². The van der Waals surface area contributed by atoms with Gasteiger partial charge in [-0.2, -0.15) is 0 Å². The lowest BCUT2D eigenvalue weighted by atomic mass is 10.1. The molecule has 0 bridgehead atoms. The van der Waals surface area contributed by atoms with Crippen molar-refractivity contribution in [1.29, 1.82) is 0 Å². The maximum atomic E-state index is 12.2. The molecule has 0 radical (unpaired) electrons. The largest absolute Gasteiger partial charge is 0.325 e. The molecule has 6 nitrogen and oxygen atoms in total. The Balaban J connectivity index is 1.59. The summed E-state index contributed by atoms with van der Waals surface area (Å²) in [6.45, 7) is 4.64. The third-order valence-corrected chi connectivity index (χ3v) is 5.41. The minimum Gasteiger partial charge on any atom is -0.325 e. The molecule has 3 rings (SSSR count). The van der Waals surface area contributed by atoms with Gasteiger partial charge in [0.1, 0.15) is 0 Å². The number of aromatic nitrogens is 4. The van der Waals surface area contributed by atoms with Gasteiger partial charge >= 0.3 is 0 Å². The van der Waals surface area contributed by atoms with Crippen LogP contribution in [0.25, 0.3) is 0 Å². The Labute approximate surface area is 148 Å². The first-order valence-electron chi connectivity index (χ1n) is 7.41. The third-order valence-electron chi connectivity index (χ3n) is 3.60. The molecule has 0 spiro atoms. The van der Waals surface area contributed by atoms with Gasteiger partial charge in [-0.1, -0.05) is 30.0 Å². The molecule has 2 aromatic heterocycles. The van der Waals surface area contributed by atoms with Crippen LogP contribution in [0.1, 0.15) is 16.0 Å². The van der Waals surface area contributed by atoms with Gasteiger partial charge in [-0.15, -0.1) is 16.4 Å². The van der Waals surface area contributed by atoms with Gasteiger partial charge in [0.15, 0.2) is 0 Å². The highest BCUT2D eigenvalue weighted by atomic mass is 32.2. The SMILES string of the molecule is Cc1cccc(NC(=O)CSc2nnnn2Cc2cccs2)c1C. The Kier molecular flexibility index (Phi) is 5.27. The number of nitrogens with zero attached hydrogens (tertiary/aromatic N) is 4. The summed E-state index contributed by atoms with van der Waals surface area (Å²) in [6, 6.07) is 9.90. The fraction of sp³-hybridized carbons (Fsp3) is 0.250. The summed E-state index contributed by atoms with van der Waals surface area (Å²) < 4.78 is 1.71. The minimum absolute atomic E-state index is 0.0700. The first-order chi connectivity index (χ1) is 11.6. The van der Waals surface area contributed by atoms with Gasteiger partial charge in [0.05, 0.1) is 12.3 Å². The van der Waals surface area contributed by atoms with Crippen LogP contribution in [-0.2, 0) is 11.3 Å². The van der Waals surface area contributed by atoms with E-state index in [1.54, 1.807) is 16.0 Å². The molecule has 0 aliphatic heterocycles. The van der Waals surface area contributed by atoms with Crippen LogP contribution >= 0.6 is 23.1 Å². The fourth-order valence-electron chi connectivity index (χ4n) is 2.15. The number of thiophene rings is 1. The van der Waals surface area contributed by atoms with Crippen LogP contribution in [0.2, 0.25) is 0 Å². The monoisotopic (exact) mass is 359 g/mol. The van der Waals surface area contributed by atoms with Crippen molar-refractivity contribution < 1.29 is 4.79 Å². The van der Waals surface area contributed by atoms with Crippen molar-refractivity contribution in [2.24, 2.45) is 0 Å². The molecule has 0 fully saturated rings. The van der Waals surface area contributed by atoms with E-state index in [2.05, 4.69) is 20.8 Å². The normalized spacial score (nSPS) is 10.8. The molecule has 0 unspecified atom stereocenters. The molecule has 1 N–H and O–H groups in total. The molecule has 1 amide bonds. The second-order valence-electron chi connectivity index (χ2n) is 5.28. The Bertz CT molecular complexity index is 829. The Morgan fingerprint density at radius 2 is 2.17 bits per heavy atom. The summed E-state index contributed by atoms with van der Waals surface area (Å²) in [7, 11) is 0. The zero-order valence-electron chi connectivity index (χ0n) is 13.4. The van der Waals surface area contributed by atoms with Gasteiger partial charge in [0.25, 0.3) is 0 Å². The topological polar surface area (TPSA) is 72.7 Å². The predicted octanol–water partition coefficient (Wildman–Crippen LogP) is 3.13. The van der Waals surface area contributed by atoms with Crippen LogP contribution in [0.4, 0.5) is 5.69 Å². The van der Waals surface area contributed by atoms with Crippen LogP contribution in [0.5, 0.6) is 0 Å². The third kappa shape index (κ3) is 4.01. The number of carbonyl (C=O) groups excluding carboxylic acids is 1. The number of carbonyl (C=O) groups is 1. The van der Waals surface area contributed by atoms with Crippen LogP contribution in [-0.4, -0.2) is 31.9 Å². The maximum absolute atomic E-state index is 12.2. The van der Waals surface area contributed by atoms with Gasteiger partial charge in [-0.3, -0.25) is 4.79 Å². The van der Waals surface area contributed by atoms with Gasteiger partial charge in [0.2, 0.25) is 11.1 Å². The first-order valence-corrected chi connectivity index (χ1v) is 9.27. The van der Waals surface area contributed by atoms with E-state index >= 15 is 0 Å². The van der Waals surface area contributed by atoms with Gasteiger partial charge in [-0.05, 0) is 52.9 Å². The number of thioether (sulfide) groups is 1. The molecule has 0 saturated carbocycles.